The molecule has 0 aromatic carbocycles. The average molecular weight is 479 g/mol. The summed E-state index contributed by atoms with van der Waals surface area (Å²) in [5, 5.41) is 0. The summed E-state index contributed by atoms with van der Waals surface area (Å²) in [4.78, 5) is 38.1. The zero-order chi connectivity index (χ0) is 25.5. The van der Waals surface area contributed by atoms with Crippen molar-refractivity contribution in [2.45, 2.75) is 118 Å². The van der Waals surface area contributed by atoms with Crippen LogP contribution in [0.4, 0.5) is 0 Å². The molecule has 2 unspecified atom stereocenters. The Labute approximate surface area is 205 Å². The van der Waals surface area contributed by atoms with Gasteiger partial charge >= 0.3 is 17.9 Å². The summed E-state index contributed by atoms with van der Waals surface area (Å²) in [7, 11) is 1.31. The van der Waals surface area contributed by atoms with Crippen LogP contribution in [-0.2, 0) is 28.6 Å². The Kier molecular flexibility index (Phi) is 7.51. The standard InChI is InChI=1S/C28H46O6/c1-9-27(7,17-25(3,4)23(30)33-18(2)10-22(29)32-8)24(31)34-26(5,6)28-14-19-11-20(15-28)13-21(12-19)16-28/h18-21H,9-17H2,1-8H3. The smallest absolute Gasteiger partial charge is 0.312 e. The lowest BCUT2D eigenvalue weighted by atomic mass is 9.46. The van der Waals surface area contributed by atoms with E-state index < -0.39 is 34.5 Å². The maximum absolute atomic E-state index is 13.7. The fraction of sp³-hybridized carbons (Fsp3) is 0.893. The van der Waals surface area contributed by atoms with Crippen molar-refractivity contribution in [3.8, 4) is 0 Å². The van der Waals surface area contributed by atoms with Gasteiger partial charge in [-0.25, -0.2) is 0 Å². The number of hydrogen-bond acceptors (Lipinski definition) is 6. The summed E-state index contributed by atoms with van der Waals surface area (Å²) >= 11 is 0. The number of hydrogen-bond donors (Lipinski definition) is 0. The van der Waals surface area contributed by atoms with Gasteiger partial charge in [-0.1, -0.05) is 6.92 Å². The Morgan fingerprint density at radius 2 is 1.41 bits per heavy atom. The highest BCUT2D eigenvalue weighted by Gasteiger charge is 2.59. The first-order valence-electron chi connectivity index (χ1n) is 13.2. The maximum Gasteiger partial charge on any atom is 0.312 e. The van der Waals surface area contributed by atoms with Crippen LogP contribution >= 0.6 is 0 Å². The van der Waals surface area contributed by atoms with Gasteiger partial charge in [-0.15, -0.1) is 0 Å². The molecule has 0 aliphatic heterocycles. The third-order valence-electron chi connectivity index (χ3n) is 9.31. The van der Waals surface area contributed by atoms with E-state index in [4.69, 9.17) is 9.47 Å². The molecule has 4 bridgehead atoms. The molecule has 0 aromatic heterocycles. The van der Waals surface area contributed by atoms with Gasteiger partial charge in [-0.2, -0.15) is 0 Å². The lowest BCUT2D eigenvalue weighted by Gasteiger charge is -2.61. The van der Waals surface area contributed by atoms with E-state index in [1.165, 1.54) is 45.6 Å². The Morgan fingerprint density at radius 3 is 1.85 bits per heavy atom. The Hall–Kier alpha value is -1.59. The van der Waals surface area contributed by atoms with Crippen molar-refractivity contribution in [1.29, 1.82) is 0 Å². The Balaban J connectivity index is 1.68. The highest BCUT2D eigenvalue weighted by molar-refractivity contribution is 5.81. The van der Waals surface area contributed by atoms with Crippen LogP contribution in [0, 0.1) is 34.0 Å². The van der Waals surface area contributed by atoms with E-state index in [0.717, 1.165) is 17.8 Å². The monoisotopic (exact) mass is 478 g/mol. The number of ether oxygens (including phenoxy) is 3. The minimum absolute atomic E-state index is 0.00462. The van der Waals surface area contributed by atoms with Crippen molar-refractivity contribution in [3.05, 3.63) is 0 Å². The van der Waals surface area contributed by atoms with E-state index in [1.54, 1.807) is 20.8 Å². The lowest BCUT2D eigenvalue weighted by Crippen LogP contribution is -2.58. The first-order chi connectivity index (χ1) is 15.6. The molecule has 34 heavy (non-hydrogen) atoms. The highest BCUT2D eigenvalue weighted by atomic mass is 16.6. The Morgan fingerprint density at radius 1 is 0.912 bits per heavy atom. The van der Waals surface area contributed by atoms with Gasteiger partial charge < -0.3 is 14.2 Å². The second kappa shape index (κ2) is 9.46. The Bertz CT molecular complexity index is 761. The summed E-state index contributed by atoms with van der Waals surface area (Å²) in [5.74, 6) is 1.27. The molecule has 4 saturated carbocycles. The van der Waals surface area contributed by atoms with E-state index in [0.29, 0.717) is 12.8 Å². The largest absolute Gasteiger partial charge is 0.469 e. The molecule has 0 aromatic rings. The number of esters is 3. The summed E-state index contributed by atoms with van der Waals surface area (Å²) in [6.45, 7) is 13.4. The van der Waals surface area contributed by atoms with Gasteiger partial charge in [-0.05, 0) is 111 Å². The molecular formula is C28H46O6. The molecule has 0 saturated heterocycles. The number of carbonyl (C=O) groups excluding carboxylic acids is 3. The van der Waals surface area contributed by atoms with Gasteiger partial charge in [0.2, 0.25) is 0 Å². The molecule has 0 N–H and O–H groups in total. The van der Waals surface area contributed by atoms with Gasteiger partial charge in [0.25, 0.3) is 0 Å². The van der Waals surface area contributed by atoms with Crippen LogP contribution in [0.15, 0.2) is 0 Å². The SMILES string of the molecule is CCC(C)(CC(C)(C)C(=O)OC(C)CC(=O)OC)C(=O)OC(C)(C)C12CC3CC(CC(C3)C1)C2. The summed E-state index contributed by atoms with van der Waals surface area (Å²) < 4.78 is 16.6. The zero-order valence-electron chi connectivity index (χ0n) is 22.6. The van der Waals surface area contributed by atoms with Crippen LogP contribution < -0.4 is 0 Å². The predicted octanol–water partition coefficient (Wildman–Crippen LogP) is 5.85. The van der Waals surface area contributed by atoms with E-state index in [9.17, 15) is 14.4 Å². The third kappa shape index (κ3) is 5.31. The molecule has 0 radical (unpaired) electrons. The minimum atomic E-state index is -0.904. The molecule has 4 aliphatic carbocycles. The van der Waals surface area contributed by atoms with E-state index in [1.807, 2.05) is 13.8 Å². The van der Waals surface area contributed by atoms with Gasteiger partial charge in [0.1, 0.15) is 11.7 Å². The van der Waals surface area contributed by atoms with Crippen molar-refractivity contribution < 1.29 is 28.6 Å². The van der Waals surface area contributed by atoms with Crippen LogP contribution in [0.25, 0.3) is 0 Å². The van der Waals surface area contributed by atoms with E-state index in [2.05, 4.69) is 18.6 Å². The number of carbonyl (C=O) groups is 3. The quantitative estimate of drug-likeness (QED) is 0.289. The molecule has 4 rings (SSSR count). The van der Waals surface area contributed by atoms with E-state index >= 15 is 0 Å². The van der Waals surface area contributed by atoms with Gasteiger partial charge in [0, 0.05) is 5.41 Å². The molecule has 4 fully saturated rings. The van der Waals surface area contributed by atoms with Crippen LogP contribution in [0.2, 0.25) is 0 Å². The number of methoxy groups -OCH3 is 1. The molecule has 6 nitrogen and oxygen atoms in total. The van der Waals surface area contributed by atoms with E-state index in [-0.39, 0.29) is 17.8 Å². The molecule has 4 aliphatic rings. The molecule has 0 heterocycles. The minimum Gasteiger partial charge on any atom is -0.469 e. The normalized spacial score (nSPS) is 30.9. The average Bonchev–Trinajstić information content (AvgIpc) is 2.71. The molecule has 2 atom stereocenters. The van der Waals surface area contributed by atoms with Crippen molar-refractivity contribution in [2.24, 2.45) is 34.0 Å². The third-order valence-corrected chi connectivity index (χ3v) is 9.31. The van der Waals surface area contributed by atoms with Gasteiger partial charge in [0.15, 0.2) is 0 Å². The van der Waals surface area contributed by atoms with Crippen LogP contribution in [0.5, 0.6) is 0 Å². The van der Waals surface area contributed by atoms with Crippen molar-refractivity contribution >= 4 is 17.9 Å². The summed E-state index contributed by atoms with van der Waals surface area (Å²) in [5.41, 5.74) is -2.17. The predicted molar refractivity (Wildman–Crippen MR) is 130 cm³/mol. The fourth-order valence-electron chi connectivity index (χ4n) is 7.40. The first kappa shape index (κ1) is 27.0. The van der Waals surface area contributed by atoms with Crippen molar-refractivity contribution in [1.82, 2.24) is 0 Å². The zero-order valence-corrected chi connectivity index (χ0v) is 22.6. The number of rotatable bonds is 10. The molecule has 194 valence electrons. The van der Waals surface area contributed by atoms with Gasteiger partial charge in [0.05, 0.1) is 24.4 Å². The van der Waals surface area contributed by atoms with Crippen molar-refractivity contribution in [2.75, 3.05) is 7.11 Å². The fourth-order valence-corrected chi connectivity index (χ4v) is 7.40. The van der Waals surface area contributed by atoms with Crippen LogP contribution in [-0.4, -0.2) is 36.7 Å². The summed E-state index contributed by atoms with van der Waals surface area (Å²) in [6.07, 6.45) is 7.84. The molecule has 0 amide bonds. The van der Waals surface area contributed by atoms with Crippen LogP contribution in [0.3, 0.4) is 0 Å². The molecule has 0 spiro atoms. The first-order valence-corrected chi connectivity index (χ1v) is 13.2. The molecule has 6 heteroatoms. The topological polar surface area (TPSA) is 78.9 Å². The van der Waals surface area contributed by atoms with Gasteiger partial charge in [-0.3, -0.25) is 14.4 Å². The second-order valence-corrected chi connectivity index (χ2v) is 13.1. The highest BCUT2D eigenvalue weighted by Crippen LogP contribution is 2.64. The summed E-state index contributed by atoms with van der Waals surface area (Å²) in [6, 6.07) is 0. The molecular weight excluding hydrogens is 432 g/mol. The second-order valence-electron chi connectivity index (χ2n) is 13.1. The van der Waals surface area contributed by atoms with Crippen molar-refractivity contribution in [3.63, 3.8) is 0 Å². The maximum atomic E-state index is 13.7. The van der Waals surface area contributed by atoms with Crippen LogP contribution in [0.1, 0.15) is 106 Å². The lowest BCUT2D eigenvalue weighted by molar-refractivity contribution is -0.208.